The summed E-state index contributed by atoms with van der Waals surface area (Å²) in [5.74, 6) is -0.270. The quantitative estimate of drug-likeness (QED) is 0.761. The number of amides is 1. The molecule has 3 aromatic heterocycles. The highest BCUT2D eigenvalue weighted by Crippen LogP contribution is 2.19. The lowest BCUT2D eigenvalue weighted by Crippen LogP contribution is -2.42. The Labute approximate surface area is 149 Å². The largest absolute Gasteiger partial charge is 0.379 e. The Morgan fingerprint density at radius 1 is 1.23 bits per heavy atom. The van der Waals surface area contributed by atoms with Gasteiger partial charge in [0.1, 0.15) is 11.2 Å². The molecule has 3 aromatic rings. The summed E-state index contributed by atoms with van der Waals surface area (Å²) < 4.78 is 6.92. The van der Waals surface area contributed by atoms with E-state index in [1.54, 1.807) is 36.8 Å². The van der Waals surface area contributed by atoms with Gasteiger partial charge in [-0.15, -0.1) is 0 Å². The second kappa shape index (κ2) is 7.05. The number of hydrogen-bond donors (Lipinski definition) is 1. The van der Waals surface area contributed by atoms with Crippen molar-refractivity contribution in [2.75, 3.05) is 13.2 Å². The fourth-order valence-electron chi connectivity index (χ4n) is 3.21. The molecular formula is C19H18N4O3. The molecule has 0 aromatic carbocycles. The van der Waals surface area contributed by atoms with Crippen LogP contribution in [-0.2, 0) is 11.2 Å². The van der Waals surface area contributed by atoms with Gasteiger partial charge in [-0.1, -0.05) is 6.07 Å². The predicted molar refractivity (Wildman–Crippen MR) is 95.0 cm³/mol. The van der Waals surface area contributed by atoms with E-state index in [-0.39, 0.29) is 23.1 Å². The molecule has 1 N–H and O–H groups in total. The number of carbonyl (C=O) groups is 1. The fourth-order valence-corrected chi connectivity index (χ4v) is 3.21. The summed E-state index contributed by atoms with van der Waals surface area (Å²) in [5, 5.41) is 2.94. The Kier molecular flexibility index (Phi) is 4.45. The minimum Gasteiger partial charge on any atom is -0.379 e. The van der Waals surface area contributed by atoms with Crippen LogP contribution in [0.1, 0.15) is 15.9 Å². The molecule has 0 spiro atoms. The van der Waals surface area contributed by atoms with Crippen molar-refractivity contribution < 1.29 is 9.53 Å². The number of nitrogens with zero attached hydrogens (tertiary/aromatic N) is 3. The average Bonchev–Trinajstić information content (AvgIpc) is 3.09. The van der Waals surface area contributed by atoms with Gasteiger partial charge in [-0.25, -0.2) is 4.98 Å². The van der Waals surface area contributed by atoms with Gasteiger partial charge in [-0.3, -0.25) is 19.0 Å². The van der Waals surface area contributed by atoms with E-state index in [9.17, 15) is 9.59 Å². The highest BCUT2D eigenvalue weighted by Gasteiger charge is 2.30. The van der Waals surface area contributed by atoms with Crippen molar-refractivity contribution in [1.29, 1.82) is 0 Å². The molecule has 1 saturated heterocycles. The van der Waals surface area contributed by atoms with E-state index in [1.807, 2.05) is 12.1 Å². The lowest BCUT2D eigenvalue weighted by atomic mass is 9.95. The number of carbonyl (C=O) groups excluding carboxylic acids is 1. The van der Waals surface area contributed by atoms with Gasteiger partial charge in [0, 0.05) is 30.7 Å². The highest BCUT2D eigenvalue weighted by molar-refractivity contribution is 5.94. The normalized spacial score (nSPS) is 19.5. The molecule has 1 aliphatic rings. The molecular weight excluding hydrogens is 332 g/mol. The number of nitrogens with one attached hydrogen (secondary N) is 1. The van der Waals surface area contributed by atoms with Crippen molar-refractivity contribution in [3.63, 3.8) is 0 Å². The van der Waals surface area contributed by atoms with Crippen LogP contribution in [0, 0.1) is 5.92 Å². The predicted octanol–water partition coefficient (Wildman–Crippen LogP) is 1.08. The van der Waals surface area contributed by atoms with Gasteiger partial charge < -0.3 is 10.1 Å². The number of hydrogen-bond acceptors (Lipinski definition) is 5. The zero-order valence-electron chi connectivity index (χ0n) is 14.0. The van der Waals surface area contributed by atoms with Crippen molar-refractivity contribution in [2.45, 2.75) is 12.5 Å². The SMILES string of the molecule is O=C(N[C@H]1COC[C@H]1Cc1ccncc1)c1cnc2ccccn2c1=O. The molecule has 1 amide bonds. The van der Waals surface area contributed by atoms with Crippen LogP contribution in [0.15, 0.2) is 59.9 Å². The molecule has 0 aliphatic carbocycles. The van der Waals surface area contributed by atoms with Crippen molar-refractivity contribution in [1.82, 2.24) is 19.7 Å². The maximum Gasteiger partial charge on any atom is 0.270 e. The molecule has 7 heteroatoms. The first kappa shape index (κ1) is 16.4. The number of ether oxygens (including phenoxy) is 1. The summed E-state index contributed by atoms with van der Waals surface area (Å²) in [5.41, 5.74) is 1.30. The van der Waals surface area contributed by atoms with E-state index < -0.39 is 5.91 Å². The molecule has 1 aliphatic heterocycles. The molecule has 1 fully saturated rings. The highest BCUT2D eigenvalue weighted by atomic mass is 16.5. The van der Waals surface area contributed by atoms with Gasteiger partial charge in [0.2, 0.25) is 0 Å². The first-order valence-corrected chi connectivity index (χ1v) is 8.46. The van der Waals surface area contributed by atoms with Gasteiger partial charge >= 0.3 is 0 Å². The van der Waals surface area contributed by atoms with Crippen LogP contribution in [0.2, 0.25) is 0 Å². The zero-order chi connectivity index (χ0) is 17.9. The van der Waals surface area contributed by atoms with Crippen molar-refractivity contribution in [2.24, 2.45) is 5.92 Å². The molecule has 4 heterocycles. The number of fused-ring (bicyclic) bond motifs is 1. The lowest BCUT2D eigenvalue weighted by molar-refractivity contribution is 0.0923. The van der Waals surface area contributed by atoms with Crippen LogP contribution in [0.5, 0.6) is 0 Å². The van der Waals surface area contributed by atoms with Gasteiger partial charge in [-0.05, 0) is 36.2 Å². The molecule has 4 rings (SSSR count). The Hall–Kier alpha value is -3.06. The van der Waals surface area contributed by atoms with E-state index in [2.05, 4.69) is 15.3 Å². The van der Waals surface area contributed by atoms with Crippen LogP contribution in [0.4, 0.5) is 0 Å². The van der Waals surface area contributed by atoms with E-state index in [4.69, 9.17) is 4.74 Å². The Morgan fingerprint density at radius 2 is 2.08 bits per heavy atom. The number of rotatable bonds is 4. The monoisotopic (exact) mass is 350 g/mol. The smallest absolute Gasteiger partial charge is 0.270 e. The molecule has 132 valence electrons. The third kappa shape index (κ3) is 3.21. The standard InChI is InChI=1S/C19H18N4O3/c24-18(15-10-21-17-3-1-2-8-23(17)19(15)25)22-16-12-26-11-14(16)9-13-4-6-20-7-5-13/h1-8,10,14,16H,9,11-12H2,(H,22,24)/t14-,16+/m1/s1. The van der Waals surface area contributed by atoms with Crippen LogP contribution >= 0.6 is 0 Å². The maximum absolute atomic E-state index is 12.6. The van der Waals surface area contributed by atoms with Crippen LogP contribution in [0.3, 0.4) is 0 Å². The summed E-state index contributed by atoms with van der Waals surface area (Å²) in [6.45, 7) is 1.01. The Morgan fingerprint density at radius 3 is 2.92 bits per heavy atom. The third-order valence-corrected chi connectivity index (χ3v) is 4.62. The van der Waals surface area contributed by atoms with Gasteiger partial charge in [0.05, 0.1) is 19.3 Å². The van der Waals surface area contributed by atoms with Crippen molar-refractivity contribution >= 4 is 11.6 Å². The van der Waals surface area contributed by atoms with Gasteiger partial charge in [-0.2, -0.15) is 0 Å². The van der Waals surface area contributed by atoms with Crippen molar-refractivity contribution in [3.8, 4) is 0 Å². The zero-order valence-corrected chi connectivity index (χ0v) is 14.0. The molecule has 0 saturated carbocycles. The second-order valence-electron chi connectivity index (χ2n) is 6.34. The first-order valence-electron chi connectivity index (χ1n) is 8.46. The van der Waals surface area contributed by atoms with E-state index >= 15 is 0 Å². The fraction of sp³-hybridized carbons (Fsp3) is 0.263. The Bertz CT molecular complexity index is 987. The molecule has 0 unspecified atom stereocenters. The minimum absolute atomic E-state index is 0.0308. The maximum atomic E-state index is 12.6. The summed E-state index contributed by atoms with van der Waals surface area (Å²) in [4.78, 5) is 33.4. The second-order valence-corrected chi connectivity index (χ2v) is 6.34. The first-order chi connectivity index (χ1) is 12.7. The lowest BCUT2D eigenvalue weighted by Gasteiger charge is -2.19. The summed E-state index contributed by atoms with van der Waals surface area (Å²) >= 11 is 0. The molecule has 2 atom stereocenters. The molecule has 0 radical (unpaired) electrons. The van der Waals surface area contributed by atoms with Gasteiger partial charge in [0.15, 0.2) is 0 Å². The Balaban J connectivity index is 1.52. The van der Waals surface area contributed by atoms with E-state index in [0.29, 0.717) is 18.9 Å². The van der Waals surface area contributed by atoms with E-state index in [1.165, 1.54) is 10.6 Å². The number of aromatic nitrogens is 3. The topological polar surface area (TPSA) is 85.6 Å². The van der Waals surface area contributed by atoms with Crippen LogP contribution in [0.25, 0.3) is 5.65 Å². The summed E-state index contributed by atoms with van der Waals surface area (Å²) in [6, 6.07) is 9.01. The average molecular weight is 350 g/mol. The van der Waals surface area contributed by atoms with Crippen molar-refractivity contribution in [3.05, 3.63) is 76.6 Å². The molecule has 26 heavy (non-hydrogen) atoms. The summed E-state index contributed by atoms with van der Waals surface area (Å²) in [6.07, 6.45) is 7.22. The molecule has 0 bridgehead atoms. The summed E-state index contributed by atoms with van der Waals surface area (Å²) in [7, 11) is 0. The van der Waals surface area contributed by atoms with Gasteiger partial charge in [0.25, 0.3) is 11.5 Å². The molecule has 7 nitrogen and oxygen atoms in total. The minimum atomic E-state index is -0.420. The third-order valence-electron chi connectivity index (χ3n) is 4.62. The van der Waals surface area contributed by atoms with Crippen LogP contribution in [-0.4, -0.2) is 39.5 Å². The van der Waals surface area contributed by atoms with E-state index in [0.717, 1.165) is 12.0 Å². The van der Waals surface area contributed by atoms with Crippen LogP contribution < -0.4 is 10.9 Å². The number of pyridine rings is 2.